The normalized spacial score (nSPS) is 14.1. The van der Waals surface area contributed by atoms with Crippen molar-refractivity contribution in [1.29, 1.82) is 0 Å². The Hall–Kier alpha value is -0.970. The number of rotatable bonds is 5. The van der Waals surface area contributed by atoms with Gasteiger partial charge in [-0.1, -0.05) is 6.92 Å². The minimum absolute atomic E-state index is 0.0921. The van der Waals surface area contributed by atoms with Gasteiger partial charge in [0.15, 0.2) is 0 Å². The fourth-order valence-electron chi connectivity index (χ4n) is 1.50. The maximum atomic E-state index is 12.1. The second-order valence-electron chi connectivity index (χ2n) is 3.91. The predicted octanol–water partition coefficient (Wildman–Crippen LogP) is 3.11. The monoisotopic (exact) mass is 234 g/mol. The third-order valence-corrected chi connectivity index (χ3v) is 2.34. The largest absolute Gasteiger partial charge is 0.406 e. The van der Waals surface area contributed by atoms with Gasteiger partial charge in [0.2, 0.25) is 0 Å². The quantitative estimate of drug-likeness (QED) is 0.828. The molecule has 1 N–H and O–H groups in total. The molecule has 0 saturated heterocycles. The van der Waals surface area contributed by atoms with Crippen molar-refractivity contribution in [1.82, 2.24) is 9.88 Å². The first-order chi connectivity index (χ1) is 7.42. The van der Waals surface area contributed by atoms with Crippen LogP contribution in [0.3, 0.4) is 0 Å². The minimum atomic E-state index is -4.16. The van der Waals surface area contributed by atoms with E-state index in [1.807, 2.05) is 6.92 Å². The van der Waals surface area contributed by atoms with Crippen molar-refractivity contribution >= 4 is 0 Å². The molecule has 1 rings (SSSR count). The van der Waals surface area contributed by atoms with Crippen LogP contribution < -0.4 is 5.32 Å². The van der Waals surface area contributed by atoms with E-state index in [2.05, 4.69) is 12.2 Å². The summed E-state index contributed by atoms with van der Waals surface area (Å²) in [7, 11) is 0. The molecule has 0 bridgehead atoms. The molecule has 0 aliphatic heterocycles. The molecule has 0 amide bonds. The van der Waals surface area contributed by atoms with E-state index in [9.17, 15) is 13.2 Å². The van der Waals surface area contributed by atoms with Crippen molar-refractivity contribution in [2.75, 3.05) is 6.54 Å². The first-order valence-electron chi connectivity index (χ1n) is 5.38. The third-order valence-electron chi connectivity index (χ3n) is 2.34. The number of alkyl halides is 3. The highest BCUT2D eigenvalue weighted by Crippen LogP contribution is 2.19. The van der Waals surface area contributed by atoms with Crippen LogP contribution >= 0.6 is 0 Å². The Morgan fingerprint density at radius 1 is 1.44 bits per heavy atom. The van der Waals surface area contributed by atoms with Crippen LogP contribution in [0.4, 0.5) is 13.2 Å². The van der Waals surface area contributed by atoms with Crippen LogP contribution in [0.5, 0.6) is 0 Å². The van der Waals surface area contributed by atoms with Gasteiger partial charge in [-0.3, -0.25) is 0 Å². The Balaban J connectivity index is 2.57. The summed E-state index contributed by atoms with van der Waals surface area (Å²) in [6.45, 7) is 3.94. The van der Waals surface area contributed by atoms with Crippen molar-refractivity contribution in [2.24, 2.45) is 0 Å². The van der Waals surface area contributed by atoms with Gasteiger partial charge >= 0.3 is 6.18 Å². The van der Waals surface area contributed by atoms with Crippen molar-refractivity contribution < 1.29 is 13.2 Å². The Morgan fingerprint density at radius 3 is 2.69 bits per heavy atom. The molecular formula is C11H17F3N2. The fourth-order valence-corrected chi connectivity index (χ4v) is 1.50. The smallest absolute Gasteiger partial charge is 0.345 e. The topological polar surface area (TPSA) is 17.0 Å². The molecule has 0 aliphatic rings. The zero-order valence-corrected chi connectivity index (χ0v) is 9.51. The Kier molecular flexibility index (Phi) is 4.41. The number of halogens is 3. The lowest BCUT2D eigenvalue weighted by atomic mass is 10.2. The average molecular weight is 234 g/mol. The maximum Gasteiger partial charge on any atom is 0.406 e. The first-order valence-corrected chi connectivity index (χ1v) is 5.38. The lowest BCUT2D eigenvalue weighted by Gasteiger charge is -2.11. The fraction of sp³-hybridized carbons (Fsp3) is 0.636. The SMILES string of the molecule is CCCNC(C)c1ccn(CC(F)(F)F)c1. The Labute approximate surface area is 93.5 Å². The minimum Gasteiger partial charge on any atom is -0.345 e. The van der Waals surface area contributed by atoms with Gasteiger partial charge in [0.05, 0.1) is 0 Å². The van der Waals surface area contributed by atoms with Gasteiger partial charge in [0, 0.05) is 18.4 Å². The predicted molar refractivity (Wildman–Crippen MR) is 57.2 cm³/mol. The maximum absolute atomic E-state index is 12.1. The molecule has 1 heterocycles. The molecule has 2 nitrogen and oxygen atoms in total. The van der Waals surface area contributed by atoms with Crippen LogP contribution in [-0.4, -0.2) is 17.3 Å². The van der Waals surface area contributed by atoms with E-state index in [-0.39, 0.29) is 6.04 Å². The number of hydrogen-bond acceptors (Lipinski definition) is 1. The summed E-state index contributed by atoms with van der Waals surface area (Å²) in [5, 5.41) is 3.23. The van der Waals surface area contributed by atoms with Gasteiger partial charge in [0.25, 0.3) is 0 Å². The summed E-state index contributed by atoms with van der Waals surface area (Å²) >= 11 is 0. The van der Waals surface area contributed by atoms with Crippen molar-refractivity contribution in [3.63, 3.8) is 0 Å². The van der Waals surface area contributed by atoms with Crippen molar-refractivity contribution in [2.45, 2.75) is 39.0 Å². The van der Waals surface area contributed by atoms with E-state index in [0.717, 1.165) is 18.5 Å². The van der Waals surface area contributed by atoms with Crippen LogP contribution in [0, 0.1) is 0 Å². The molecule has 1 aromatic heterocycles. The molecule has 0 saturated carbocycles. The van der Waals surface area contributed by atoms with Gasteiger partial charge in [-0.25, -0.2) is 0 Å². The van der Waals surface area contributed by atoms with Crippen LogP contribution in [-0.2, 0) is 6.54 Å². The molecule has 0 fully saturated rings. The Bertz CT molecular complexity index is 317. The molecule has 0 spiro atoms. The zero-order chi connectivity index (χ0) is 12.2. The van der Waals surface area contributed by atoms with Crippen molar-refractivity contribution in [3.05, 3.63) is 24.0 Å². The van der Waals surface area contributed by atoms with Crippen molar-refractivity contribution in [3.8, 4) is 0 Å². The molecule has 1 unspecified atom stereocenters. The number of aromatic nitrogens is 1. The molecule has 5 heteroatoms. The number of hydrogen-bond donors (Lipinski definition) is 1. The van der Waals surface area contributed by atoms with Gasteiger partial charge < -0.3 is 9.88 Å². The molecule has 16 heavy (non-hydrogen) atoms. The highest BCUT2D eigenvalue weighted by Gasteiger charge is 2.27. The lowest BCUT2D eigenvalue weighted by molar-refractivity contribution is -0.140. The van der Waals surface area contributed by atoms with Gasteiger partial charge in [-0.2, -0.15) is 13.2 Å². The summed E-state index contributed by atoms with van der Waals surface area (Å²) in [6.07, 6.45) is -0.141. The highest BCUT2D eigenvalue weighted by molar-refractivity contribution is 5.14. The third kappa shape index (κ3) is 4.26. The van der Waals surface area contributed by atoms with E-state index >= 15 is 0 Å². The van der Waals surface area contributed by atoms with Crippen LogP contribution in [0.15, 0.2) is 18.5 Å². The van der Waals surface area contributed by atoms with E-state index in [1.165, 1.54) is 10.8 Å². The summed E-state index contributed by atoms with van der Waals surface area (Å²) in [5.74, 6) is 0. The van der Waals surface area contributed by atoms with E-state index < -0.39 is 12.7 Å². The van der Waals surface area contributed by atoms with Gasteiger partial charge in [-0.05, 0) is 31.5 Å². The van der Waals surface area contributed by atoms with E-state index in [4.69, 9.17) is 0 Å². The second-order valence-corrected chi connectivity index (χ2v) is 3.91. The lowest BCUT2D eigenvalue weighted by Crippen LogP contribution is -2.19. The van der Waals surface area contributed by atoms with E-state index in [1.54, 1.807) is 12.3 Å². The van der Waals surface area contributed by atoms with Gasteiger partial charge in [0.1, 0.15) is 6.54 Å². The Morgan fingerprint density at radius 2 is 2.12 bits per heavy atom. The zero-order valence-electron chi connectivity index (χ0n) is 9.51. The molecule has 0 radical (unpaired) electrons. The highest BCUT2D eigenvalue weighted by atomic mass is 19.4. The first kappa shape index (κ1) is 13.1. The van der Waals surface area contributed by atoms with Crippen LogP contribution in [0.1, 0.15) is 31.9 Å². The van der Waals surface area contributed by atoms with E-state index in [0.29, 0.717) is 0 Å². The summed E-state index contributed by atoms with van der Waals surface area (Å²) in [5.41, 5.74) is 0.887. The molecule has 1 aromatic rings. The number of nitrogens with one attached hydrogen (secondary N) is 1. The molecule has 1 atom stereocenters. The summed E-state index contributed by atoms with van der Waals surface area (Å²) in [6, 6.07) is 1.81. The number of nitrogens with zero attached hydrogens (tertiary/aromatic N) is 1. The second kappa shape index (κ2) is 5.39. The molecular weight excluding hydrogens is 217 g/mol. The molecule has 0 aromatic carbocycles. The standard InChI is InChI=1S/C11H17F3N2/c1-3-5-15-9(2)10-4-6-16(7-10)8-11(12,13)14/h4,6-7,9,15H,3,5,8H2,1-2H3. The summed E-state index contributed by atoms with van der Waals surface area (Å²) < 4.78 is 37.5. The molecule has 92 valence electrons. The van der Waals surface area contributed by atoms with Gasteiger partial charge in [-0.15, -0.1) is 0 Å². The van der Waals surface area contributed by atoms with Crippen LogP contribution in [0.25, 0.3) is 0 Å². The average Bonchev–Trinajstić information content (AvgIpc) is 2.59. The summed E-state index contributed by atoms with van der Waals surface area (Å²) in [4.78, 5) is 0. The molecule has 0 aliphatic carbocycles. The van der Waals surface area contributed by atoms with Crippen LogP contribution in [0.2, 0.25) is 0 Å².